The summed E-state index contributed by atoms with van der Waals surface area (Å²) in [5.41, 5.74) is 1.65. The molecule has 1 saturated carbocycles. The van der Waals surface area contributed by atoms with Crippen molar-refractivity contribution in [3.63, 3.8) is 0 Å². The standard InChI is InChI=1S/C16H19N3O3/c1-11(20)19-10-16(4-5-16)12-2-3-13(17-14(12)19)15(21)18-6-8-22-9-7-18/h2-3H,4-10H2,1H3. The molecule has 0 bridgehead atoms. The van der Waals surface area contributed by atoms with Crippen molar-refractivity contribution in [1.29, 1.82) is 0 Å². The summed E-state index contributed by atoms with van der Waals surface area (Å²) in [7, 11) is 0. The number of anilines is 1. The van der Waals surface area contributed by atoms with Crippen LogP contribution < -0.4 is 4.90 Å². The molecular formula is C16H19N3O3. The van der Waals surface area contributed by atoms with E-state index in [0.717, 1.165) is 18.4 Å². The number of amides is 2. The molecular weight excluding hydrogens is 282 g/mol. The van der Waals surface area contributed by atoms with E-state index in [1.807, 2.05) is 6.07 Å². The van der Waals surface area contributed by atoms with Gasteiger partial charge in [-0.25, -0.2) is 4.98 Å². The minimum Gasteiger partial charge on any atom is -0.378 e. The van der Waals surface area contributed by atoms with Crippen molar-refractivity contribution in [3.8, 4) is 0 Å². The van der Waals surface area contributed by atoms with Gasteiger partial charge in [-0.15, -0.1) is 0 Å². The first-order chi connectivity index (χ1) is 10.6. The molecule has 0 unspecified atom stereocenters. The molecule has 1 saturated heterocycles. The van der Waals surface area contributed by atoms with E-state index in [0.29, 0.717) is 44.4 Å². The SMILES string of the molecule is CC(=O)N1CC2(CC2)c2ccc(C(=O)N3CCOCC3)nc21. The largest absolute Gasteiger partial charge is 0.378 e. The lowest BCUT2D eigenvalue weighted by Crippen LogP contribution is -2.41. The molecule has 0 atom stereocenters. The molecule has 2 aliphatic heterocycles. The summed E-state index contributed by atoms with van der Waals surface area (Å²) >= 11 is 0. The number of fused-ring (bicyclic) bond motifs is 2. The summed E-state index contributed by atoms with van der Waals surface area (Å²) in [5, 5.41) is 0. The van der Waals surface area contributed by atoms with Gasteiger partial charge in [0.1, 0.15) is 11.5 Å². The maximum Gasteiger partial charge on any atom is 0.272 e. The predicted molar refractivity (Wildman–Crippen MR) is 79.9 cm³/mol. The average molecular weight is 301 g/mol. The Labute approximate surface area is 129 Å². The number of rotatable bonds is 1. The molecule has 116 valence electrons. The zero-order valence-corrected chi connectivity index (χ0v) is 12.7. The topological polar surface area (TPSA) is 62.7 Å². The molecule has 1 aromatic heterocycles. The highest BCUT2D eigenvalue weighted by molar-refractivity contribution is 5.97. The minimum atomic E-state index is -0.0775. The smallest absolute Gasteiger partial charge is 0.272 e. The molecule has 0 aromatic carbocycles. The number of hydrogen-bond acceptors (Lipinski definition) is 4. The van der Waals surface area contributed by atoms with Crippen LogP contribution in [0.15, 0.2) is 12.1 Å². The molecule has 3 heterocycles. The van der Waals surface area contributed by atoms with Crippen molar-refractivity contribution in [3.05, 3.63) is 23.4 Å². The van der Waals surface area contributed by atoms with Crippen molar-refractivity contribution in [2.24, 2.45) is 0 Å². The Hall–Kier alpha value is -1.95. The lowest BCUT2D eigenvalue weighted by Gasteiger charge is -2.26. The van der Waals surface area contributed by atoms with Gasteiger partial charge in [0, 0.05) is 37.5 Å². The quantitative estimate of drug-likeness (QED) is 0.775. The Morgan fingerprint density at radius 2 is 1.95 bits per heavy atom. The summed E-state index contributed by atoms with van der Waals surface area (Å²) in [6.07, 6.45) is 2.20. The predicted octanol–water partition coefficient (Wildman–Crippen LogP) is 0.952. The van der Waals surface area contributed by atoms with Crippen LogP contribution in [0.1, 0.15) is 35.8 Å². The maximum atomic E-state index is 12.6. The van der Waals surface area contributed by atoms with Gasteiger partial charge >= 0.3 is 0 Å². The molecule has 0 radical (unpaired) electrons. The van der Waals surface area contributed by atoms with Crippen molar-refractivity contribution < 1.29 is 14.3 Å². The van der Waals surface area contributed by atoms with E-state index in [9.17, 15) is 9.59 Å². The Bertz CT molecular complexity index is 648. The normalized spacial score (nSPS) is 21.9. The van der Waals surface area contributed by atoms with E-state index < -0.39 is 0 Å². The summed E-state index contributed by atoms with van der Waals surface area (Å²) < 4.78 is 5.28. The summed E-state index contributed by atoms with van der Waals surface area (Å²) in [5.74, 6) is 0.601. The van der Waals surface area contributed by atoms with E-state index in [1.165, 1.54) is 0 Å². The molecule has 3 aliphatic rings. The average Bonchev–Trinajstić information content (AvgIpc) is 3.24. The second kappa shape index (κ2) is 4.78. The van der Waals surface area contributed by atoms with Crippen molar-refractivity contribution >= 4 is 17.6 Å². The summed E-state index contributed by atoms with van der Waals surface area (Å²) in [6.45, 7) is 4.60. The first-order valence-corrected chi connectivity index (χ1v) is 7.77. The molecule has 22 heavy (non-hydrogen) atoms. The van der Waals surface area contributed by atoms with Gasteiger partial charge in [0.25, 0.3) is 5.91 Å². The second-order valence-corrected chi connectivity index (χ2v) is 6.36. The third kappa shape index (κ3) is 2.01. The van der Waals surface area contributed by atoms with Crippen LogP contribution >= 0.6 is 0 Å². The Kier molecular flexibility index (Phi) is 2.97. The molecule has 2 fully saturated rings. The Morgan fingerprint density at radius 3 is 2.59 bits per heavy atom. The van der Waals surface area contributed by atoms with Crippen molar-refractivity contribution in [1.82, 2.24) is 9.88 Å². The first kappa shape index (κ1) is 13.7. The zero-order valence-electron chi connectivity index (χ0n) is 12.7. The van der Waals surface area contributed by atoms with Gasteiger partial charge in [0.2, 0.25) is 5.91 Å². The molecule has 1 aliphatic carbocycles. The number of hydrogen-bond donors (Lipinski definition) is 0. The van der Waals surface area contributed by atoms with Crippen LogP contribution in [-0.4, -0.2) is 54.5 Å². The van der Waals surface area contributed by atoms with Crippen molar-refractivity contribution in [2.75, 3.05) is 37.7 Å². The Balaban J connectivity index is 1.67. The zero-order chi connectivity index (χ0) is 15.3. The Morgan fingerprint density at radius 1 is 1.23 bits per heavy atom. The van der Waals surface area contributed by atoms with E-state index in [2.05, 4.69) is 4.98 Å². The monoisotopic (exact) mass is 301 g/mol. The number of carbonyl (C=O) groups excluding carboxylic acids is 2. The lowest BCUT2D eigenvalue weighted by atomic mass is 10.0. The van der Waals surface area contributed by atoms with Crippen LogP contribution in [0.2, 0.25) is 0 Å². The van der Waals surface area contributed by atoms with E-state index in [4.69, 9.17) is 4.74 Å². The second-order valence-electron chi connectivity index (χ2n) is 6.36. The molecule has 1 spiro atoms. The highest BCUT2D eigenvalue weighted by atomic mass is 16.5. The third-order valence-electron chi connectivity index (χ3n) is 4.91. The van der Waals surface area contributed by atoms with Crippen LogP contribution in [0.4, 0.5) is 5.82 Å². The van der Waals surface area contributed by atoms with Crippen LogP contribution in [0, 0.1) is 0 Å². The van der Waals surface area contributed by atoms with Crippen LogP contribution in [-0.2, 0) is 14.9 Å². The molecule has 6 heteroatoms. The fourth-order valence-electron chi connectivity index (χ4n) is 3.42. The van der Waals surface area contributed by atoms with Crippen LogP contribution in [0.5, 0.6) is 0 Å². The van der Waals surface area contributed by atoms with E-state index in [1.54, 1.807) is 22.8 Å². The highest BCUT2D eigenvalue weighted by Crippen LogP contribution is 2.55. The van der Waals surface area contributed by atoms with Crippen molar-refractivity contribution in [2.45, 2.75) is 25.2 Å². The molecule has 4 rings (SSSR count). The van der Waals surface area contributed by atoms with E-state index in [-0.39, 0.29) is 17.2 Å². The van der Waals surface area contributed by atoms with Gasteiger partial charge in [-0.05, 0) is 18.9 Å². The number of ether oxygens (including phenoxy) is 1. The van der Waals surface area contributed by atoms with E-state index >= 15 is 0 Å². The van der Waals surface area contributed by atoms with Crippen LogP contribution in [0.25, 0.3) is 0 Å². The lowest BCUT2D eigenvalue weighted by molar-refractivity contribution is -0.116. The van der Waals surface area contributed by atoms with Gasteiger partial charge in [-0.3, -0.25) is 14.5 Å². The van der Waals surface area contributed by atoms with Gasteiger partial charge in [-0.2, -0.15) is 0 Å². The maximum absolute atomic E-state index is 12.6. The highest BCUT2D eigenvalue weighted by Gasteiger charge is 2.53. The summed E-state index contributed by atoms with van der Waals surface area (Å²) in [6, 6.07) is 3.80. The van der Waals surface area contributed by atoms with Gasteiger partial charge in [-0.1, -0.05) is 6.07 Å². The number of morpholine rings is 1. The molecule has 0 N–H and O–H groups in total. The van der Waals surface area contributed by atoms with Gasteiger partial charge < -0.3 is 9.64 Å². The molecule has 2 amide bonds. The molecule has 6 nitrogen and oxygen atoms in total. The summed E-state index contributed by atoms with van der Waals surface area (Å²) in [4.78, 5) is 32.5. The minimum absolute atomic E-state index is 0.00602. The fraction of sp³-hybridized carbons (Fsp3) is 0.562. The first-order valence-electron chi connectivity index (χ1n) is 7.77. The molecule has 1 aromatic rings. The van der Waals surface area contributed by atoms with Gasteiger partial charge in [0.15, 0.2) is 0 Å². The number of pyridine rings is 1. The fourth-order valence-corrected chi connectivity index (χ4v) is 3.42. The third-order valence-corrected chi connectivity index (χ3v) is 4.91. The number of aromatic nitrogens is 1. The number of carbonyl (C=O) groups is 2. The van der Waals surface area contributed by atoms with Gasteiger partial charge in [0.05, 0.1) is 13.2 Å². The van der Waals surface area contributed by atoms with Crippen LogP contribution in [0.3, 0.4) is 0 Å². The number of nitrogens with zero attached hydrogens (tertiary/aromatic N) is 3.